The summed E-state index contributed by atoms with van der Waals surface area (Å²) in [7, 11) is -4.67. The van der Waals surface area contributed by atoms with Crippen molar-refractivity contribution < 1.29 is 23.9 Å². The van der Waals surface area contributed by atoms with Crippen molar-refractivity contribution in [3.05, 3.63) is 12.7 Å². The van der Waals surface area contributed by atoms with Crippen LogP contribution in [0.5, 0.6) is 0 Å². The molecule has 1 atom stereocenters. The molecule has 0 aliphatic carbocycles. The molecule has 0 saturated heterocycles. The highest BCUT2D eigenvalue weighted by Crippen LogP contribution is 2.28. The fourth-order valence-corrected chi connectivity index (χ4v) is 1.35. The first-order chi connectivity index (χ1) is 7.26. The second kappa shape index (κ2) is 6.39. The number of hydrogen-bond donors (Lipinski definition) is 5. The highest BCUT2D eigenvalue weighted by atomic mass is 31.2. The predicted molar refractivity (Wildman–Crippen MR) is 56.0 cm³/mol. The van der Waals surface area contributed by atoms with Gasteiger partial charge in [0.1, 0.15) is 0 Å². The summed E-state index contributed by atoms with van der Waals surface area (Å²) in [6, 6.07) is -1.09. The van der Waals surface area contributed by atoms with Gasteiger partial charge in [0.15, 0.2) is 0 Å². The van der Waals surface area contributed by atoms with E-state index in [1.54, 1.807) is 0 Å². The standard InChI is InChI=1S/C7H14N3O5P/c1-2-3-9-5(4-6(8)11)7(12)10-16(13,14)15/h2,5,9H,1,3-4H2,(H2,8,11)(H3,10,12,13,14,15)/t5-/m0/s1. The minimum atomic E-state index is -4.67. The molecule has 0 heterocycles. The van der Waals surface area contributed by atoms with Gasteiger partial charge in [0.2, 0.25) is 11.8 Å². The Kier molecular flexibility index (Phi) is 5.91. The molecule has 0 spiro atoms. The van der Waals surface area contributed by atoms with E-state index >= 15 is 0 Å². The van der Waals surface area contributed by atoms with E-state index in [9.17, 15) is 14.2 Å². The van der Waals surface area contributed by atoms with Crippen molar-refractivity contribution in [3.8, 4) is 0 Å². The molecule has 0 unspecified atom stereocenters. The summed E-state index contributed by atoms with van der Waals surface area (Å²) >= 11 is 0. The summed E-state index contributed by atoms with van der Waals surface area (Å²) in [6.45, 7) is 3.58. The highest BCUT2D eigenvalue weighted by molar-refractivity contribution is 7.50. The van der Waals surface area contributed by atoms with E-state index < -0.39 is 25.6 Å². The maximum Gasteiger partial charge on any atom is 0.429 e. The Morgan fingerprint density at radius 2 is 2.06 bits per heavy atom. The molecule has 0 aliphatic heterocycles. The number of nitrogens with two attached hydrogens (primary N) is 1. The lowest BCUT2D eigenvalue weighted by Crippen LogP contribution is -2.45. The van der Waals surface area contributed by atoms with Gasteiger partial charge >= 0.3 is 7.75 Å². The van der Waals surface area contributed by atoms with Crippen molar-refractivity contribution in [1.82, 2.24) is 10.4 Å². The van der Waals surface area contributed by atoms with Gasteiger partial charge in [-0.25, -0.2) is 4.57 Å². The summed E-state index contributed by atoms with van der Waals surface area (Å²) < 4.78 is 10.5. The number of rotatable bonds is 7. The van der Waals surface area contributed by atoms with Gasteiger partial charge in [-0.1, -0.05) is 6.08 Å². The minimum Gasteiger partial charge on any atom is -0.370 e. The third-order valence-electron chi connectivity index (χ3n) is 1.49. The molecular formula is C7H14N3O5P. The molecule has 0 aromatic heterocycles. The predicted octanol–water partition coefficient (Wildman–Crippen LogP) is -1.79. The van der Waals surface area contributed by atoms with Gasteiger partial charge in [0, 0.05) is 6.54 Å². The van der Waals surface area contributed by atoms with E-state index in [0.717, 1.165) is 0 Å². The van der Waals surface area contributed by atoms with Crippen LogP contribution in [-0.4, -0.2) is 34.2 Å². The first-order valence-electron chi connectivity index (χ1n) is 4.26. The molecule has 2 amide bonds. The Hall–Kier alpha value is -1.21. The first kappa shape index (κ1) is 14.8. The quantitative estimate of drug-likeness (QED) is 0.267. The van der Waals surface area contributed by atoms with Crippen LogP contribution in [-0.2, 0) is 14.2 Å². The first-order valence-corrected chi connectivity index (χ1v) is 5.87. The molecule has 0 aromatic rings. The second-order valence-corrected chi connectivity index (χ2v) is 4.25. The Morgan fingerprint density at radius 1 is 1.50 bits per heavy atom. The zero-order valence-electron chi connectivity index (χ0n) is 8.42. The molecule has 0 radical (unpaired) electrons. The molecule has 0 aromatic carbocycles. The van der Waals surface area contributed by atoms with Crippen LogP contribution in [0.25, 0.3) is 0 Å². The molecular weight excluding hydrogens is 237 g/mol. The average Bonchev–Trinajstić information content (AvgIpc) is 2.08. The largest absolute Gasteiger partial charge is 0.429 e. The van der Waals surface area contributed by atoms with Crippen LogP contribution in [0.1, 0.15) is 6.42 Å². The SMILES string of the molecule is C=CCN[C@@H](CC(N)=O)C(=O)NP(=O)(O)O. The van der Waals surface area contributed by atoms with Crippen LogP contribution in [0.4, 0.5) is 0 Å². The molecule has 92 valence electrons. The van der Waals surface area contributed by atoms with E-state index in [1.807, 2.05) is 0 Å². The second-order valence-electron chi connectivity index (χ2n) is 2.94. The Morgan fingerprint density at radius 3 is 2.44 bits per heavy atom. The van der Waals surface area contributed by atoms with Crippen LogP contribution in [0.3, 0.4) is 0 Å². The maximum absolute atomic E-state index is 11.3. The van der Waals surface area contributed by atoms with Gasteiger partial charge in [-0.05, 0) is 0 Å². The van der Waals surface area contributed by atoms with Gasteiger partial charge in [-0.2, -0.15) is 0 Å². The molecule has 0 bridgehead atoms. The van der Waals surface area contributed by atoms with Crippen molar-refractivity contribution in [1.29, 1.82) is 0 Å². The molecule has 0 aliphatic rings. The lowest BCUT2D eigenvalue weighted by Gasteiger charge is -2.16. The summed E-state index contributed by atoms with van der Waals surface area (Å²) in [5.74, 6) is -1.75. The van der Waals surface area contributed by atoms with Crippen molar-refractivity contribution in [2.75, 3.05) is 6.54 Å². The van der Waals surface area contributed by atoms with E-state index in [1.165, 1.54) is 11.2 Å². The normalized spacial score (nSPS) is 12.9. The Balaban J connectivity index is 4.48. The smallest absolute Gasteiger partial charge is 0.370 e. The van der Waals surface area contributed by atoms with Crippen LogP contribution in [0, 0.1) is 0 Å². The van der Waals surface area contributed by atoms with Crippen molar-refractivity contribution >= 4 is 19.6 Å². The molecule has 0 fully saturated rings. The van der Waals surface area contributed by atoms with Crippen LogP contribution >= 0.6 is 7.75 Å². The number of hydrogen-bond acceptors (Lipinski definition) is 4. The lowest BCUT2D eigenvalue weighted by atomic mass is 10.2. The summed E-state index contributed by atoms with van der Waals surface area (Å²) in [5.41, 5.74) is 4.89. The highest BCUT2D eigenvalue weighted by Gasteiger charge is 2.25. The van der Waals surface area contributed by atoms with E-state index in [2.05, 4.69) is 11.9 Å². The van der Waals surface area contributed by atoms with E-state index in [4.69, 9.17) is 15.5 Å². The Bertz CT molecular complexity index is 326. The third kappa shape index (κ3) is 7.13. The van der Waals surface area contributed by atoms with Crippen LogP contribution < -0.4 is 16.1 Å². The zero-order chi connectivity index (χ0) is 12.8. The van der Waals surface area contributed by atoms with Crippen molar-refractivity contribution in [2.24, 2.45) is 5.73 Å². The summed E-state index contributed by atoms with van der Waals surface area (Å²) in [5, 5.41) is 4.01. The number of carbonyl (C=O) groups excluding carboxylic acids is 2. The fourth-order valence-electron chi connectivity index (χ4n) is 0.906. The molecule has 9 heteroatoms. The third-order valence-corrected chi connectivity index (χ3v) is 2.00. The maximum atomic E-state index is 11.3. The minimum absolute atomic E-state index is 0.201. The molecule has 0 saturated carbocycles. The summed E-state index contributed by atoms with van der Waals surface area (Å²) in [4.78, 5) is 38.9. The fraction of sp³-hybridized carbons (Fsp3) is 0.429. The van der Waals surface area contributed by atoms with Crippen molar-refractivity contribution in [2.45, 2.75) is 12.5 Å². The molecule has 16 heavy (non-hydrogen) atoms. The lowest BCUT2D eigenvalue weighted by molar-refractivity contribution is -0.126. The topological polar surface area (TPSA) is 142 Å². The van der Waals surface area contributed by atoms with Crippen molar-refractivity contribution in [3.63, 3.8) is 0 Å². The van der Waals surface area contributed by atoms with Gasteiger partial charge < -0.3 is 20.8 Å². The molecule has 0 rings (SSSR count). The van der Waals surface area contributed by atoms with Gasteiger partial charge in [0.05, 0.1) is 12.5 Å². The monoisotopic (exact) mass is 251 g/mol. The van der Waals surface area contributed by atoms with Gasteiger partial charge in [-0.3, -0.25) is 14.7 Å². The van der Waals surface area contributed by atoms with Gasteiger partial charge in [-0.15, -0.1) is 6.58 Å². The number of nitrogens with one attached hydrogen (secondary N) is 2. The van der Waals surface area contributed by atoms with E-state index in [-0.39, 0.29) is 13.0 Å². The number of amides is 2. The van der Waals surface area contributed by atoms with Crippen LogP contribution in [0.2, 0.25) is 0 Å². The summed E-state index contributed by atoms with van der Waals surface area (Å²) in [6.07, 6.45) is 1.07. The molecule has 8 nitrogen and oxygen atoms in total. The zero-order valence-corrected chi connectivity index (χ0v) is 9.31. The van der Waals surface area contributed by atoms with Gasteiger partial charge in [0.25, 0.3) is 0 Å². The number of primary amides is 1. The van der Waals surface area contributed by atoms with E-state index in [0.29, 0.717) is 0 Å². The Labute approximate surface area is 92.1 Å². The molecule has 6 N–H and O–H groups in total. The average molecular weight is 251 g/mol. The number of carbonyl (C=O) groups is 2. The van der Waals surface area contributed by atoms with Crippen LogP contribution in [0.15, 0.2) is 12.7 Å².